The van der Waals surface area contributed by atoms with Gasteiger partial charge in [-0.3, -0.25) is 9.48 Å². The maximum Gasteiger partial charge on any atom is 0.390 e. The average Bonchev–Trinajstić information content (AvgIpc) is 3.25. The molecule has 0 spiro atoms. The average molecular weight is 386 g/mol. The molecule has 0 aliphatic carbocycles. The number of amides is 1. The monoisotopic (exact) mass is 386 g/mol. The minimum Gasteiger partial charge on any atom is -0.358 e. The molecular formula is C18H19FN6O3. The van der Waals surface area contributed by atoms with Crippen LogP contribution < -0.4 is 5.32 Å². The van der Waals surface area contributed by atoms with Gasteiger partial charge in [-0.1, -0.05) is 19.1 Å². The number of nitrogens with one attached hydrogen (secondary N) is 1. The third kappa shape index (κ3) is 4.22. The maximum atomic E-state index is 13.0. The highest BCUT2D eigenvalue weighted by Crippen LogP contribution is 2.20. The summed E-state index contributed by atoms with van der Waals surface area (Å²) in [5, 5.41) is 21.8. The molecular weight excluding hydrogens is 367 g/mol. The number of carbonyl (C=O) groups excluding carboxylic acids is 1. The predicted octanol–water partition coefficient (Wildman–Crippen LogP) is 3.07. The summed E-state index contributed by atoms with van der Waals surface area (Å²) < 4.78 is 16.0. The number of aryl methyl sites for hydroxylation is 1. The Morgan fingerprint density at radius 3 is 2.61 bits per heavy atom. The highest BCUT2D eigenvalue weighted by Gasteiger charge is 2.27. The topological polar surface area (TPSA) is 108 Å². The quantitative estimate of drug-likeness (QED) is 0.496. The molecule has 0 bridgehead atoms. The first-order chi connectivity index (χ1) is 13.4. The summed E-state index contributed by atoms with van der Waals surface area (Å²) in [6.45, 7) is 3.88. The summed E-state index contributed by atoms with van der Waals surface area (Å²) in [5.74, 6) is -0.621. The largest absolute Gasteiger partial charge is 0.390 e. The van der Waals surface area contributed by atoms with Gasteiger partial charge in [0, 0.05) is 12.3 Å². The molecule has 0 fully saturated rings. The second-order valence-corrected chi connectivity index (χ2v) is 6.28. The van der Waals surface area contributed by atoms with Crippen molar-refractivity contribution in [2.24, 2.45) is 0 Å². The van der Waals surface area contributed by atoms with Gasteiger partial charge in [-0.05, 0) is 36.0 Å². The molecule has 10 heteroatoms. The zero-order valence-electron chi connectivity index (χ0n) is 15.4. The van der Waals surface area contributed by atoms with Gasteiger partial charge < -0.3 is 15.4 Å². The Morgan fingerprint density at radius 2 is 2.00 bits per heavy atom. The van der Waals surface area contributed by atoms with E-state index >= 15 is 0 Å². The molecule has 3 rings (SSSR count). The molecule has 1 N–H and O–H groups in total. The zero-order valence-corrected chi connectivity index (χ0v) is 15.4. The van der Waals surface area contributed by atoms with E-state index in [1.54, 1.807) is 42.9 Å². The third-order valence-corrected chi connectivity index (χ3v) is 4.23. The van der Waals surface area contributed by atoms with Gasteiger partial charge in [-0.25, -0.2) is 4.39 Å². The molecule has 1 unspecified atom stereocenters. The van der Waals surface area contributed by atoms with Gasteiger partial charge >= 0.3 is 5.82 Å². The molecule has 0 radical (unpaired) electrons. The number of nitro groups is 1. The van der Waals surface area contributed by atoms with Crippen molar-refractivity contribution in [2.75, 3.05) is 5.32 Å². The van der Waals surface area contributed by atoms with Gasteiger partial charge in [0.25, 0.3) is 5.91 Å². The first-order valence-corrected chi connectivity index (χ1v) is 8.66. The summed E-state index contributed by atoms with van der Waals surface area (Å²) in [4.78, 5) is 23.0. The Balaban J connectivity index is 1.70. The number of nitrogens with zero attached hydrogens (tertiary/aromatic N) is 5. The van der Waals surface area contributed by atoms with Crippen molar-refractivity contribution in [1.29, 1.82) is 0 Å². The standard InChI is InChI=1S/C18H19FN6O3/c1-3-15(24-12(2)10-17(22-24)25(27)28)18(26)20-16-8-9-23(21-16)11-13-4-6-14(19)7-5-13/h4-10,15H,3,11H2,1-2H3,(H,20,21,26). The molecule has 9 nitrogen and oxygen atoms in total. The number of benzene rings is 1. The van der Waals surface area contributed by atoms with E-state index in [4.69, 9.17) is 0 Å². The van der Waals surface area contributed by atoms with E-state index in [9.17, 15) is 19.3 Å². The maximum absolute atomic E-state index is 13.0. The fourth-order valence-corrected chi connectivity index (χ4v) is 2.85. The van der Waals surface area contributed by atoms with E-state index < -0.39 is 11.0 Å². The third-order valence-electron chi connectivity index (χ3n) is 4.23. The van der Waals surface area contributed by atoms with Crippen molar-refractivity contribution in [1.82, 2.24) is 19.6 Å². The minimum absolute atomic E-state index is 0.299. The van der Waals surface area contributed by atoms with Gasteiger partial charge in [0.1, 0.15) is 5.82 Å². The summed E-state index contributed by atoms with van der Waals surface area (Å²) in [6.07, 6.45) is 2.10. The number of anilines is 1. The van der Waals surface area contributed by atoms with Gasteiger partial charge in [-0.15, -0.1) is 0 Å². The van der Waals surface area contributed by atoms with Crippen LogP contribution in [-0.2, 0) is 11.3 Å². The van der Waals surface area contributed by atoms with Crippen LogP contribution in [0, 0.1) is 22.9 Å². The number of hydrogen-bond donors (Lipinski definition) is 1. The highest BCUT2D eigenvalue weighted by atomic mass is 19.1. The minimum atomic E-state index is -0.698. The van der Waals surface area contributed by atoms with Crippen molar-refractivity contribution >= 4 is 17.5 Å². The molecule has 2 heterocycles. The summed E-state index contributed by atoms with van der Waals surface area (Å²) in [7, 11) is 0. The Kier molecular flexibility index (Phi) is 5.48. The highest BCUT2D eigenvalue weighted by molar-refractivity contribution is 5.92. The number of rotatable bonds is 7. The lowest BCUT2D eigenvalue weighted by atomic mass is 10.2. The first kappa shape index (κ1) is 19.2. The molecule has 1 amide bonds. The van der Waals surface area contributed by atoms with E-state index in [1.807, 2.05) is 0 Å². The number of carbonyl (C=O) groups is 1. The summed E-state index contributed by atoms with van der Waals surface area (Å²) in [6, 6.07) is 8.35. The molecule has 1 aromatic carbocycles. The summed E-state index contributed by atoms with van der Waals surface area (Å²) in [5.41, 5.74) is 1.39. The fraction of sp³-hybridized carbons (Fsp3) is 0.278. The molecule has 2 aromatic heterocycles. The van der Waals surface area contributed by atoms with Crippen molar-refractivity contribution < 1.29 is 14.1 Å². The van der Waals surface area contributed by atoms with Crippen molar-refractivity contribution in [3.8, 4) is 0 Å². The van der Waals surface area contributed by atoms with E-state index in [-0.39, 0.29) is 17.5 Å². The van der Waals surface area contributed by atoms with Crippen LogP contribution in [-0.4, -0.2) is 30.4 Å². The molecule has 146 valence electrons. The smallest absolute Gasteiger partial charge is 0.358 e. The normalized spacial score (nSPS) is 12.0. The van der Waals surface area contributed by atoms with Gasteiger partial charge in [0.15, 0.2) is 11.9 Å². The van der Waals surface area contributed by atoms with Gasteiger partial charge in [0.2, 0.25) is 0 Å². The Hall–Kier alpha value is -3.56. The van der Waals surface area contributed by atoms with Crippen LogP contribution in [0.2, 0.25) is 0 Å². The second-order valence-electron chi connectivity index (χ2n) is 6.28. The van der Waals surface area contributed by atoms with Crippen molar-refractivity contribution in [3.63, 3.8) is 0 Å². The van der Waals surface area contributed by atoms with Crippen molar-refractivity contribution in [2.45, 2.75) is 32.9 Å². The van der Waals surface area contributed by atoms with Crippen LogP contribution in [0.5, 0.6) is 0 Å². The Labute approximate surface area is 159 Å². The van der Waals surface area contributed by atoms with Crippen LogP contribution in [0.4, 0.5) is 16.0 Å². The second kappa shape index (κ2) is 7.99. The zero-order chi connectivity index (χ0) is 20.3. The Morgan fingerprint density at radius 1 is 1.29 bits per heavy atom. The lowest BCUT2D eigenvalue weighted by molar-refractivity contribution is -0.389. The number of aromatic nitrogens is 4. The van der Waals surface area contributed by atoms with Crippen LogP contribution in [0.3, 0.4) is 0 Å². The first-order valence-electron chi connectivity index (χ1n) is 8.66. The predicted molar refractivity (Wildman–Crippen MR) is 99.3 cm³/mol. The molecule has 0 aliphatic heterocycles. The van der Waals surface area contributed by atoms with Crippen LogP contribution >= 0.6 is 0 Å². The van der Waals surface area contributed by atoms with Crippen LogP contribution in [0.15, 0.2) is 42.6 Å². The van der Waals surface area contributed by atoms with Gasteiger partial charge in [0.05, 0.1) is 23.4 Å². The van der Waals surface area contributed by atoms with E-state index in [2.05, 4.69) is 15.5 Å². The van der Waals surface area contributed by atoms with E-state index in [1.165, 1.54) is 22.9 Å². The lowest BCUT2D eigenvalue weighted by Gasteiger charge is -2.13. The van der Waals surface area contributed by atoms with Gasteiger partial charge in [-0.2, -0.15) is 9.78 Å². The molecule has 0 saturated heterocycles. The summed E-state index contributed by atoms with van der Waals surface area (Å²) >= 11 is 0. The van der Waals surface area contributed by atoms with E-state index in [0.717, 1.165) is 5.56 Å². The van der Waals surface area contributed by atoms with Crippen LogP contribution in [0.25, 0.3) is 0 Å². The SMILES string of the molecule is CCC(C(=O)Nc1ccn(Cc2ccc(F)cc2)n1)n1nc([N+](=O)[O-])cc1C. The number of hydrogen-bond acceptors (Lipinski definition) is 5. The Bertz CT molecular complexity index is 995. The molecule has 0 saturated carbocycles. The fourth-order valence-electron chi connectivity index (χ4n) is 2.85. The molecule has 3 aromatic rings. The molecule has 0 aliphatic rings. The lowest BCUT2D eigenvalue weighted by Crippen LogP contribution is -2.27. The number of halogens is 1. The molecule has 1 atom stereocenters. The van der Waals surface area contributed by atoms with Crippen molar-refractivity contribution in [3.05, 3.63) is 69.8 Å². The molecule has 28 heavy (non-hydrogen) atoms. The van der Waals surface area contributed by atoms with E-state index in [0.29, 0.717) is 24.5 Å². The van der Waals surface area contributed by atoms with Crippen LogP contribution in [0.1, 0.15) is 30.6 Å².